The van der Waals surface area contributed by atoms with E-state index in [9.17, 15) is 0 Å². The number of rotatable bonds is 3. The Kier molecular flexibility index (Phi) is 3.47. The highest BCUT2D eigenvalue weighted by atomic mass is 79.9. The molecule has 1 aromatic rings. The minimum atomic E-state index is -0.559. The molecule has 2 bridgehead atoms. The van der Waals surface area contributed by atoms with Crippen LogP contribution in [0.4, 0.5) is 0 Å². The van der Waals surface area contributed by atoms with Crippen LogP contribution in [0.15, 0.2) is 28.7 Å². The van der Waals surface area contributed by atoms with E-state index >= 15 is 0 Å². The van der Waals surface area contributed by atoms with Gasteiger partial charge in [-0.15, -0.1) is 0 Å². The molecular formula is C14H17BrO2S. The Morgan fingerprint density at radius 3 is 2.39 bits per heavy atom. The van der Waals surface area contributed by atoms with Gasteiger partial charge in [0.25, 0.3) is 0 Å². The van der Waals surface area contributed by atoms with Gasteiger partial charge in [-0.05, 0) is 18.6 Å². The summed E-state index contributed by atoms with van der Waals surface area (Å²) in [5, 5.41) is -0.559. The van der Waals surface area contributed by atoms with Gasteiger partial charge in [-0.3, -0.25) is 0 Å². The quantitative estimate of drug-likeness (QED) is 0.830. The van der Waals surface area contributed by atoms with Gasteiger partial charge in [0, 0.05) is 21.2 Å². The Balaban J connectivity index is 1.82. The lowest BCUT2D eigenvalue weighted by atomic mass is 9.86. The van der Waals surface area contributed by atoms with Gasteiger partial charge in [-0.2, -0.15) is 0 Å². The number of thioether (sulfide) groups is 1. The van der Waals surface area contributed by atoms with Gasteiger partial charge in [0.15, 0.2) is 0 Å². The number of hydrogen-bond donors (Lipinski definition) is 0. The molecule has 3 heterocycles. The molecule has 0 aromatic heterocycles. The highest BCUT2D eigenvalue weighted by Gasteiger charge is 2.52. The van der Waals surface area contributed by atoms with Crippen LogP contribution >= 0.6 is 27.7 Å². The van der Waals surface area contributed by atoms with Crippen molar-refractivity contribution >= 4 is 27.7 Å². The Labute approximate surface area is 121 Å². The van der Waals surface area contributed by atoms with Crippen LogP contribution in [-0.4, -0.2) is 19.0 Å². The Morgan fingerprint density at radius 1 is 1.22 bits per heavy atom. The van der Waals surface area contributed by atoms with Gasteiger partial charge >= 0.3 is 0 Å². The van der Waals surface area contributed by atoms with E-state index in [1.54, 1.807) is 11.8 Å². The Morgan fingerprint density at radius 2 is 1.89 bits per heavy atom. The van der Waals surface area contributed by atoms with Crippen molar-refractivity contribution in [2.24, 2.45) is 5.41 Å². The molecule has 1 aromatic carbocycles. The second kappa shape index (κ2) is 4.82. The molecule has 0 aliphatic carbocycles. The van der Waals surface area contributed by atoms with E-state index in [1.165, 1.54) is 12.8 Å². The fraction of sp³-hybridized carbons (Fsp3) is 0.571. The van der Waals surface area contributed by atoms with Crippen LogP contribution in [0.3, 0.4) is 0 Å². The zero-order valence-electron chi connectivity index (χ0n) is 10.4. The van der Waals surface area contributed by atoms with Crippen molar-refractivity contribution in [2.75, 3.05) is 19.0 Å². The zero-order chi connectivity index (χ0) is 12.6. The van der Waals surface area contributed by atoms with Crippen molar-refractivity contribution in [2.45, 2.75) is 24.9 Å². The molecule has 0 amide bonds. The molecule has 0 radical (unpaired) electrons. The summed E-state index contributed by atoms with van der Waals surface area (Å²) in [5.41, 5.74) is 1.36. The summed E-state index contributed by atoms with van der Waals surface area (Å²) in [6, 6.07) is 8.24. The maximum atomic E-state index is 6.07. The number of hydrogen-bond acceptors (Lipinski definition) is 3. The van der Waals surface area contributed by atoms with Crippen LogP contribution in [0.5, 0.6) is 0 Å². The predicted octanol–water partition coefficient (Wildman–Crippen LogP) is 4.14. The summed E-state index contributed by atoms with van der Waals surface area (Å²) >= 11 is 5.26. The van der Waals surface area contributed by atoms with Gasteiger partial charge in [-0.1, -0.05) is 53.2 Å². The maximum Gasteiger partial charge on any atom is 0.245 e. The summed E-state index contributed by atoms with van der Waals surface area (Å²) in [5.74, 6) is 1.14. The van der Waals surface area contributed by atoms with Crippen LogP contribution < -0.4 is 0 Å². The minimum Gasteiger partial charge on any atom is -0.337 e. The largest absolute Gasteiger partial charge is 0.337 e. The zero-order valence-corrected chi connectivity index (χ0v) is 12.9. The average Bonchev–Trinajstić information content (AvgIpc) is 2.42. The molecule has 3 fully saturated rings. The van der Waals surface area contributed by atoms with Crippen molar-refractivity contribution < 1.29 is 9.47 Å². The molecule has 2 nitrogen and oxygen atoms in total. The molecule has 0 atom stereocenters. The van der Waals surface area contributed by atoms with Crippen LogP contribution in [0, 0.1) is 5.41 Å². The molecule has 3 aliphatic rings. The van der Waals surface area contributed by atoms with Crippen LogP contribution in [-0.2, 0) is 14.6 Å². The fourth-order valence-corrected chi connectivity index (χ4v) is 4.30. The second-order valence-corrected chi connectivity index (χ2v) is 7.21. The van der Waals surface area contributed by atoms with E-state index in [0.29, 0.717) is 0 Å². The summed E-state index contributed by atoms with van der Waals surface area (Å²) in [6.07, 6.45) is 2.38. The Bertz CT molecular complexity index is 407. The van der Waals surface area contributed by atoms with Crippen molar-refractivity contribution in [1.82, 2.24) is 0 Å². The van der Waals surface area contributed by atoms with Crippen molar-refractivity contribution in [1.29, 1.82) is 0 Å². The van der Waals surface area contributed by atoms with Crippen molar-refractivity contribution in [3.05, 3.63) is 34.3 Å². The smallest absolute Gasteiger partial charge is 0.245 e. The summed E-state index contributed by atoms with van der Waals surface area (Å²) in [7, 11) is 0. The molecule has 98 valence electrons. The molecule has 0 saturated carbocycles. The number of benzene rings is 1. The first-order valence-electron chi connectivity index (χ1n) is 6.36. The molecule has 4 rings (SSSR count). The predicted molar refractivity (Wildman–Crippen MR) is 77.5 cm³/mol. The second-order valence-electron chi connectivity index (χ2n) is 5.18. The van der Waals surface area contributed by atoms with Crippen LogP contribution in [0.25, 0.3) is 0 Å². The van der Waals surface area contributed by atoms with E-state index in [1.807, 2.05) is 12.1 Å². The number of halogens is 1. The normalized spacial score (nSPS) is 34.8. The number of fused-ring (bicyclic) bond motifs is 3. The summed E-state index contributed by atoms with van der Waals surface area (Å²) in [4.78, 5) is 0. The molecule has 18 heavy (non-hydrogen) atoms. The van der Waals surface area contributed by atoms with Crippen molar-refractivity contribution in [3.8, 4) is 0 Å². The van der Waals surface area contributed by atoms with E-state index in [2.05, 4.69) is 35.0 Å². The minimum absolute atomic E-state index is 0.247. The third-order valence-electron chi connectivity index (χ3n) is 3.68. The molecule has 0 unspecified atom stereocenters. The molecule has 0 N–H and O–H groups in total. The van der Waals surface area contributed by atoms with Gasteiger partial charge in [-0.25, -0.2) is 0 Å². The first-order valence-corrected chi connectivity index (χ1v) is 8.14. The standard InChI is InChI=1S/C14H17BrO2S/c1-2-7-13-8-16-14(17-9-13,18-10-13)11-3-5-12(15)6-4-11/h3-6H,2,7-10H2,1H3. The molecule has 4 heteroatoms. The fourth-order valence-electron chi connectivity index (χ4n) is 2.65. The lowest BCUT2D eigenvalue weighted by Crippen LogP contribution is -2.53. The SMILES string of the molecule is CCCC12COC(c3ccc(Br)cc3)(OC1)SC2. The van der Waals surface area contributed by atoms with E-state index < -0.39 is 5.12 Å². The lowest BCUT2D eigenvalue weighted by Gasteiger charge is -2.52. The van der Waals surface area contributed by atoms with Gasteiger partial charge in [0.05, 0.1) is 13.2 Å². The molecule has 3 saturated heterocycles. The topological polar surface area (TPSA) is 18.5 Å². The monoisotopic (exact) mass is 328 g/mol. The summed E-state index contributed by atoms with van der Waals surface area (Å²) < 4.78 is 13.2. The highest BCUT2D eigenvalue weighted by molar-refractivity contribution is 9.10. The molecule has 0 spiro atoms. The van der Waals surface area contributed by atoms with Gasteiger partial charge in [0.2, 0.25) is 5.12 Å². The molecular weight excluding hydrogens is 312 g/mol. The average molecular weight is 329 g/mol. The van der Waals surface area contributed by atoms with E-state index in [-0.39, 0.29) is 5.41 Å². The Hall–Kier alpha value is -0.0300. The number of ether oxygens (including phenoxy) is 2. The van der Waals surface area contributed by atoms with E-state index in [0.717, 1.165) is 29.0 Å². The first-order chi connectivity index (χ1) is 8.68. The highest BCUT2D eigenvalue weighted by Crippen LogP contribution is 2.54. The van der Waals surface area contributed by atoms with Crippen LogP contribution in [0.2, 0.25) is 0 Å². The van der Waals surface area contributed by atoms with Gasteiger partial charge < -0.3 is 9.47 Å². The van der Waals surface area contributed by atoms with E-state index in [4.69, 9.17) is 9.47 Å². The molecule has 3 aliphatic heterocycles. The van der Waals surface area contributed by atoms with Crippen LogP contribution in [0.1, 0.15) is 25.3 Å². The summed E-state index contributed by atoms with van der Waals surface area (Å²) in [6.45, 7) is 3.87. The maximum absolute atomic E-state index is 6.07. The van der Waals surface area contributed by atoms with Gasteiger partial charge in [0.1, 0.15) is 0 Å². The third-order valence-corrected chi connectivity index (χ3v) is 5.82. The third kappa shape index (κ3) is 2.13. The van der Waals surface area contributed by atoms with Crippen molar-refractivity contribution in [3.63, 3.8) is 0 Å². The first kappa shape index (κ1) is 13.0. The lowest BCUT2D eigenvalue weighted by molar-refractivity contribution is -0.266.